The molecule has 16 heteroatoms. The molecule has 0 radical (unpaired) electrons. The minimum Gasteiger partial charge on any atom is -0.349 e. The maximum absolute atomic E-state index is 14.0. The van der Waals surface area contributed by atoms with E-state index in [1.54, 1.807) is 0 Å². The molecule has 0 spiro atoms. The Bertz CT molecular complexity index is 1510. The lowest BCUT2D eigenvalue weighted by Gasteiger charge is -2.34. The third-order valence-electron chi connectivity index (χ3n) is 8.69. The van der Waals surface area contributed by atoms with Crippen LogP contribution in [-0.2, 0) is 4.79 Å². The molecule has 10 nitrogen and oxygen atoms in total. The van der Waals surface area contributed by atoms with Crippen molar-refractivity contribution in [3.05, 3.63) is 41.1 Å². The van der Waals surface area contributed by atoms with Crippen molar-refractivity contribution in [1.82, 2.24) is 35.5 Å². The van der Waals surface area contributed by atoms with Gasteiger partial charge in [-0.2, -0.15) is 5.10 Å². The molecular weight excluding hydrogens is 596 g/mol. The van der Waals surface area contributed by atoms with Crippen LogP contribution in [0.1, 0.15) is 110 Å². The summed E-state index contributed by atoms with van der Waals surface area (Å²) in [5.74, 6) is -7.65. The van der Waals surface area contributed by atoms with Gasteiger partial charge in [-0.3, -0.25) is 9.59 Å². The molecule has 0 bridgehead atoms. The number of imidazole rings is 1. The second-order valence-corrected chi connectivity index (χ2v) is 12.3. The number of carbonyl (C=O) groups excluding carboxylic acids is 2. The number of fused-ring (bicyclic) bond motifs is 1. The molecule has 3 heterocycles. The lowest BCUT2D eigenvalue weighted by atomic mass is 9.79. The SMILES string of the molecule is O=C(CC1CC(F)(F)C1)N[C@H](CC(F)F)c1cnn2cc(C(NC(=O)c3nonc3C3CC3)C3CCC(F)(F)CC3)nc2c1. The molecule has 238 valence electrons. The van der Waals surface area contributed by atoms with E-state index in [0.717, 1.165) is 12.8 Å². The van der Waals surface area contributed by atoms with Gasteiger partial charge in [0.2, 0.25) is 24.2 Å². The summed E-state index contributed by atoms with van der Waals surface area (Å²) >= 11 is 0. The molecule has 0 aliphatic heterocycles. The smallest absolute Gasteiger partial charge is 0.276 e. The lowest BCUT2D eigenvalue weighted by molar-refractivity contribution is -0.134. The second kappa shape index (κ2) is 11.7. The normalized spacial score (nSPS) is 21.6. The van der Waals surface area contributed by atoms with Crippen molar-refractivity contribution in [2.75, 3.05) is 0 Å². The number of alkyl halides is 6. The van der Waals surface area contributed by atoms with E-state index in [9.17, 15) is 35.9 Å². The maximum atomic E-state index is 14.0. The van der Waals surface area contributed by atoms with Crippen LogP contribution in [0.4, 0.5) is 26.3 Å². The summed E-state index contributed by atoms with van der Waals surface area (Å²) in [6, 6.07) is -0.496. The molecule has 3 fully saturated rings. The number of aromatic nitrogens is 5. The standard InChI is InChI=1S/C28H31F6N7O3/c29-20(30)9-18(37-22(42)7-14-10-28(33,34)11-14)17-8-21-36-19(13-41(21)35-12-17)23(16-3-5-27(31,32)6-4-16)38-26(43)25-24(15-1-2-15)39-44-40-25/h8,12-16,18,20,23H,1-7,9-11H2,(H,37,42)(H,38,43)/t18-,23?/m1/s1. The van der Waals surface area contributed by atoms with E-state index in [1.165, 1.54) is 23.0 Å². The highest BCUT2D eigenvalue weighted by atomic mass is 19.3. The van der Waals surface area contributed by atoms with Crippen molar-refractivity contribution in [2.24, 2.45) is 11.8 Å². The zero-order valence-electron chi connectivity index (χ0n) is 23.5. The molecule has 3 aliphatic carbocycles. The monoisotopic (exact) mass is 627 g/mol. The Labute approximate surface area is 247 Å². The van der Waals surface area contributed by atoms with Gasteiger partial charge in [0.25, 0.3) is 5.91 Å². The molecule has 3 aromatic rings. The molecule has 2 atom stereocenters. The second-order valence-electron chi connectivity index (χ2n) is 12.3. The highest BCUT2D eigenvalue weighted by molar-refractivity contribution is 5.93. The zero-order chi connectivity index (χ0) is 31.2. The molecule has 44 heavy (non-hydrogen) atoms. The Morgan fingerprint density at radius 3 is 2.41 bits per heavy atom. The first-order valence-electron chi connectivity index (χ1n) is 14.7. The van der Waals surface area contributed by atoms with Crippen LogP contribution >= 0.6 is 0 Å². The average Bonchev–Trinajstić information content (AvgIpc) is 3.49. The first-order chi connectivity index (χ1) is 20.9. The van der Waals surface area contributed by atoms with Gasteiger partial charge in [0.15, 0.2) is 11.3 Å². The molecule has 3 saturated carbocycles. The molecule has 2 amide bonds. The van der Waals surface area contributed by atoms with Crippen molar-refractivity contribution in [3.63, 3.8) is 0 Å². The average molecular weight is 628 g/mol. The summed E-state index contributed by atoms with van der Waals surface area (Å²) in [5.41, 5.74) is 1.23. The summed E-state index contributed by atoms with van der Waals surface area (Å²) in [6.07, 6.45) is -0.526. The van der Waals surface area contributed by atoms with Crippen molar-refractivity contribution < 1.29 is 40.6 Å². The number of halogens is 6. The number of hydrogen-bond donors (Lipinski definition) is 2. The fraction of sp³-hybridized carbons (Fsp3) is 0.643. The van der Waals surface area contributed by atoms with Gasteiger partial charge < -0.3 is 10.6 Å². The van der Waals surface area contributed by atoms with E-state index >= 15 is 0 Å². The molecule has 6 rings (SSSR count). The Morgan fingerprint density at radius 2 is 1.75 bits per heavy atom. The van der Waals surface area contributed by atoms with Crippen LogP contribution in [0.5, 0.6) is 0 Å². The van der Waals surface area contributed by atoms with Gasteiger partial charge in [-0.05, 0) is 54.3 Å². The number of nitrogens with one attached hydrogen (secondary N) is 2. The molecule has 0 aromatic carbocycles. The number of hydrogen-bond acceptors (Lipinski definition) is 7. The molecular formula is C28H31F6N7O3. The summed E-state index contributed by atoms with van der Waals surface area (Å²) in [7, 11) is 0. The minimum atomic E-state index is -2.81. The van der Waals surface area contributed by atoms with Gasteiger partial charge in [0, 0.05) is 44.4 Å². The van der Waals surface area contributed by atoms with Crippen LogP contribution in [0, 0.1) is 11.8 Å². The molecule has 0 saturated heterocycles. The minimum absolute atomic E-state index is 0.0269. The Hall–Kier alpha value is -3.72. The van der Waals surface area contributed by atoms with Crippen LogP contribution < -0.4 is 10.6 Å². The highest BCUT2D eigenvalue weighted by Gasteiger charge is 2.46. The van der Waals surface area contributed by atoms with Gasteiger partial charge in [-0.1, -0.05) is 5.16 Å². The van der Waals surface area contributed by atoms with E-state index in [4.69, 9.17) is 4.63 Å². The van der Waals surface area contributed by atoms with E-state index in [1.807, 2.05) is 0 Å². The Balaban J connectivity index is 1.24. The first-order valence-corrected chi connectivity index (χ1v) is 14.7. The van der Waals surface area contributed by atoms with E-state index < -0.39 is 73.3 Å². The van der Waals surface area contributed by atoms with Gasteiger partial charge >= 0.3 is 0 Å². The van der Waals surface area contributed by atoms with E-state index in [2.05, 4.69) is 31.0 Å². The van der Waals surface area contributed by atoms with Crippen molar-refractivity contribution in [2.45, 2.75) is 100 Å². The predicted molar refractivity (Wildman–Crippen MR) is 140 cm³/mol. The summed E-state index contributed by atoms with van der Waals surface area (Å²) in [4.78, 5) is 30.4. The fourth-order valence-corrected chi connectivity index (χ4v) is 6.17. The van der Waals surface area contributed by atoms with Crippen LogP contribution in [0.15, 0.2) is 23.1 Å². The van der Waals surface area contributed by atoms with Crippen molar-refractivity contribution in [3.8, 4) is 0 Å². The number of nitrogens with zero attached hydrogens (tertiary/aromatic N) is 5. The quantitative estimate of drug-likeness (QED) is 0.268. The topological polar surface area (TPSA) is 127 Å². The Kier molecular flexibility index (Phi) is 8.03. The van der Waals surface area contributed by atoms with Gasteiger partial charge in [0.1, 0.15) is 5.69 Å². The van der Waals surface area contributed by atoms with Crippen LogP contribution in [0.3, 0.4) is 0 Å². The molecule has 3 aromatic heterocycles. The predicted octanol–water partition coefficient (Wildman–Crippen LogP) is 5.53. The van der Waals surface area contributed by atoms with Crippen LogP contribution in [0.25, 0.3) is 5.65 Å². The van der Waals surface area contributed by atoms with E-state index in [0.29, 0.717) is 11.4 Å². The highest BCUT2D eigenvalue weighted by Crippen LogP contribution is 2.45. The summed E-state index contributed by atoms with van der Waals surface area (Å²) < 4.78 is 87.5. The Morgan fingerprint density at radius 1 is 1.02 bits per heavy atom. The summed E-state index contributed by atoms with van der Waals surface area (Å²) in [5, 5.41) is 17.3. The van der Waals surface area contributed by atoms with Crippen molar-refractivity contribution >= 4 is 17.5 Å². The third-order valence-corrected chi connectivity index (χ3v) is 8.69. The zero-order valence-corrected chi connectivity index (χ0v) is 23.5. The number of rotatable bonds is 11. The van der Waals surface area contributed by atoms with Gasteiger partial charge in [-0.15, -0.1) is 0 Å². The van der Waals surface area contributed by atoms with Crippen molar-refractivity contribution in [1.29, 1.82) is 0 Å². The van der Waals surface area contributed by atoms with Gasteiger partial charge in [0.05, 0.1) is 30.2 Å². The van der Waals surface area contributed by atoms with E-state index in [-0.39, 0.29) is 54.9 Å². The number of amides is 2. The maximum Gasteiger partial charge on any atom is 0.276 e. The fourth-order valence-electron chi connectivity index (χ4n) is 6.17. The molecule has 1 unspecified atom stereocenters. The van der Waals surface area contributed by atoms with Crippen LogP contribution in [0.2, 0.25) is 0 Å². The molecule has 3 aliphatic rings. The van der Waals surface area contributed by atoms with Gasteiger partial charge in [-0.25, -0.2) is 40.5 Å². The third kappa shape index (κ3) is 6.83. The lowest BCUT2D eigenvalue weighted by Crippen LogP contribution is -2.39. The number of carbonyl (C=O) groups is 2. The van der Waals surface area contributed by atoms with Crippen LogP contribution in [-0.4, -0.2) is 55.0 Å². The molecule has 2 N–H and O–H groups in total. The largest absolute Gasteiger partial charge is 0.349 e. The first kappa shape index (κ1) is 30.3. The summed E-state index contributed by atoms with van der Waals surface area (Å²) in [6.45, 7) is 0.